The lowest BCUT2D eigenvalue weighted by atomic mass is 9.90. The second-order valence-corrected chi connectivity index (χ2v) is 6.14. The van der Waals surface area contributed by atoms with Gasteiger partial charge in [0.15, 0.2) is 0 Å². The third kappa shape index (κ3) is 3.97. The Bertz CT molecular complexity index is 396. The van der Waals surface area contributed by atoms with E-state index in [1.807, 2.05) is 12.1 Å². The van der Waals surface area contributed by atoms with E-state index in [1.54, 1.807) is 7.11 Å². The van der Waals surface area contributed by atoms with Crippen molar-refractivity contribution in [3.05, 3.63) is 29.8 Å². The summed E-state index contributed by atoms with van der Waals surface area (Å²) in [5.41, 5.74) is 7.37. The van der Waals surface area contributed by atoms with Crippen LogP contribution in [0.2, 0.25) is 0 Å². The molecule has 1 aromatic carbocycles. The van der Waals surface area contributed by atoms with Crippen molar-refractivity contribution in [1.29, 1.82) is 0 Å². The zero-order valence-electron chi connectivity index (χ0n) is 13.0. The molecular weight excluding hydrogens is 248 g/mol. The van der Waals surface area contributed by atoms with Gasteiger partial charge < -0.3 is 15.4 Å². The molecule has 0 aliphatic heterocycles. The lowest BCUT2D eigenvalue weighted by Gasteiger charge is -2.37. The molecule has 112 valence electrons. The van der Waals surface area contributed by atoms with Crippen LogP contribution in [0.4, 0.5) is 0 Å². The van der Waals surface area contributed by atoms with Crippen molar-refractivity contribution < 1.29 is 4.74 Å². The Morgan fingerprint density at radius 1 is 1.20 bits per heavy atom. The van der Waals surface area contributed by atoms with Crippen LogP contribution in [0, 0.1) is 0 Å². The van der Waals surface area contributed by atoms with Crippen LogP contribution in [0.15, 0.2) is 24.3 Å². The molecule has 20 heavy (non-hydrogen) atoms. The molecule has 1 fully saturated rings. The molecule has 1 atom stereocenters. The molecule has 0 radical (unpaired) electrons. The van der Waals surface area contributed by atoms with E-state index >= 15 is 0 Å². The van der Waals surface area contributed by atoms with Crippen molar-refractivity contribution in [2.75, 3.05) is 14.2 Å². The van der Waals surface area contributed by atoms with E-state index in [2.05, 4.69) is 31.0 Å². The van der Waals surface area contributed by atoms with E-state index in [0.29, 0.717) is 18.1 Å². The second kappa shape index (κ2) is 7.09. The fourth-order valence-corrected chi connectivity index (χ4v) is 3.12. The molecular formula is C17H28N2O. The molecule has 1 unspecified atom stereocenters. The number of nitrogens with zero attached hydrogens (tertiary/aromatic N) is 1. The van der Waals surface area contributed by atoms with Crippen molar-refractivity contribution in [3.63, 3.8) is 0 Å². The molecule has 0 aromatic heterocycles. The normalized spacial score (nSPS) is 24.6. The van der Waals surface area contributed by atoms with Crippen LogP contribution in [0.25, 0.3) is 0 Å². The molecule has 0 saturated heterocycles. The fraction of sp³-hybridized carbons (Fsp3) is 0.647. The number of hydrogen-bond acceptors (Lipinski definition) is 3. The predicted molar refractivity (Wildman–Crippen MR) is 84.2 cm³/mol. The molecule has 3 heteroatoms. The maximum atomic E-state index is 5.99. The molecule has 1 aromatic rings. The van der Waals surface area contributed by atoms with Crippen molar-refractivity contribution in [1.82, 2.24) is 4.90 Å². The van der Waals surface area contributed by atoms with Gasteiger partial charge in [0.05, 0.1) is 7.11 Å². The summed E-state index contributed by atoms with van der Waals surface area (Å²) in [6, 6.07) is 10.1. The third-order valence-electron chi connectivity index (χ3n) is 4.70. The number of methoxy groups -OCH3 is 1. The average Bonchev–Trinajstić information content (AvgIpc) is 2.48. The number of rotatable bonds is 5. The van der Waals surface area contributed by atoms with Crippen molar-refractivity contribution in [2.45, 2.75) is 57.2 Å². The second-order valence-electron chi connectivity index (χ2n) is 6.14. The van der Waals surface area contributed by atoms with E-state index in [1.165, 1.54) is 31.2 Å². The fourth-order valence-electron chi connectivity index (χ4n) is 3.12. The number of benzene rings is 1. The van der Waals surface area contributed by atoms with Gasteiger partial charge >= 0.3 is 0 Å². The van der Waals surface area contributed by atoms with Crippen LogP contribution in [0.3, 0.4) is 0 Å². The van der Waals surface area contributed by atoms with Gasteiger partial charge in [-0.2, -0.15) is 0 Å². The topological polar surface area (TPSA) is 38.5 Å². The summed E-state index contributed by atoms with van der Waals surface area (Å²) in [6.45, 7) is 2.32. The van der Waals surface area contributed by atoms with Gasteiger partial charge in [-0.1, -0.05) is 12.1 Å². The minimum absolute atomic E-state index is 0.427. The van der Waals surface area contributed by atoms with Gasteiger partial charge in [-0.15, -0.1) is 0 Å². The van der Waals surface area contributed by atoms with Gasteiger partial charge in [0.1, 0.15) is 5.75 Å². The molecule has 3 nitrogen and oxygen atoms in total. The Hall–Kier alpha value is -1.06. The van der Waals surface area contributed by atoms with Crippen LogP contribution in [-0.4, -0.2) is 37.2 Å². The highest BCUT2D eigenvalue weighted by molar-refractivity contribution is 5.27. The van der Waals surface area contributed by atoms with Crippen LogP contribution in [0.1, 0.15) is 38.2 Å². The lowest BCUT2D eigenvalue weighted by Crippen LogP contribution is -2.43. The number of likely N-dealkylation sites (N-methyl/N-ethyl adjacent to an activating group) is 1. The van der Waals surface area contributed by atoms with E-state index in [0.717, 1.165) is 12.2 Å². The smallest absolute Gasteiger partial charge is 0.118 e. The Kier molecular flexibility index (Phi) is 5.44. The Morgan fingerprint density at radius 3 is 2.35 bits per heavy atom. The molecule has 1 aliphatic rings. The number of ether oxygens (including phenoxy) is 1. The summed E-state index contributed by atoms with van der Waals surface area (Å²) in [5, 5.41) is 0. The van der Waals surface area contributed by atoms with E-state index in [4.69, 9.17) is 10.5 Å². The summed E-state index contributed by atoms with van der Waals surface area (Å²) in [7, 11) is 3.97. The SMILES string of the molecule is COc1ccc(CC(C)N(C)C2CCC(N)CC2)cc1. The zero-order valence-corrected chi connectivity index (χ0v) is 13.0. The summed E-state index contributed by atoms with van der Waals surface area (Å²) in [6.07, 6.45) is 5.91. The highest BCUT2D eigenvalue weighted by Crippen LogP contribution is 2.24. The minimum Gasteiger partial charge on any atom is -0.497 e. The Labute approximate surface area is 123 Å². The quantitative estimate of drug-likeness (QED) is 0.898. The van der Waals surface area contributed by atoms with Crippen molar-refractivity contribution >= 4 is 0 Å². The summed E-state index contributed by atoms with van der Waals surface area (Å²) >= 11 is 0. The molecule has 2 N–H and O–H groups in total. The monoisotopic (exact) mass is 276 g/mol. The first-order chi connectivity index (χ1) is 9.60. The number of hydrogen-bond donors (Lipinski definition) is 1. The van der Waals surface area contributed by atoms with E-state index in [9.17, 15) is 0 Å². The van der Waals surface area contributed by atoms with Gasteiger partial charge in [0.2, 0.25) is 0 Å². The lowest BCUT2D eigenvalue weighted by molar-refractivity contribution is 0.140. The van der Waals surface area contributed by atoms with Gasteiger partial charge in [-0.05, 0) is 63.8 Å². The molecule has 0 amide bonds. The number of nitrogens with two attached hydrogens (primary N) is 1. The van der Waals surface area contributed by atoms with Crippen LogP contribution >= 0.6 is 0 Å². The van der Waals surface area contributed by atoms with Crippen LogP contribution < -0.4 is 10.5 Å². The van der Waals surface area contributed by atoms with E-state index in [-0.39, 0.29) is 0 Å². The standard InChI is InChI=1S/C17H28N2O/c1-13(12-14-4-10-17(20-3)11-5-14)19(2)16-8-6-15(18)7-9-16/h4-5,10-11,13,15-16H,6-9,12,18H2,1-3H3. The van der Waals surface area contributed by atoms with Crippen LogP contribution in [-0.2, 0) is 6.42 Å². The van der Waals surface area contributed by atoms with E-state index < -0.39 is 0 Å². The van der Waals surface area contributed by atoms with Gasteiger partial charge in [0.25, 0.3) is 0 Å². The first-order valence-electron chi connectivity index (χ1n) is 7.70. The maximum absolute atomic E-state index is 5.99. The summed E-state index contributed by atoms with van der Waals surface area (Å²) in [5.74, 6) is 0.927. The van der Waals surface area contributed by atoms with Crippen molar-refractivity contribution in [2.24, 2.45) is 5.73 Å². The van der Waals surface area contributed by atoms with Crippen molar-refractivity contribution in [3.8, 4) is 5.75 Å². The third-order valence-corrected chi connectivity index (χ3v) is 4.70. The average molecular weight is 276 g/mol. The molecule has 0 spiro atoms. The highest BCUT2D eigenvalue weighted by atomic mass is 16.5. The Balaban J connectivity index is 1.88. The molecule has 1 saturated carbocycles. The minimum atomic E-state index is 0.427. The van der Waals surface area contributed by atoms with Gasteiger partial charge in [0, 0.05) is 18.1 Å². The maximum Gasteiger partial charge on any atom is 0.118 e. The highest BCUT2D eigenvalue weighted by Gasteiger charge is 2.24. The van der Waals surface area contributed by atoms with Gasteiger partial charge in [-0.25, -0.2) is 0 Å². The molecule has 2 rings (SSSR count). The Morgan fingerprint density at radius 2 is 1.80 bits per heavy atom. The molecule has 0 bridgehead atoms. The van der Waals surface area contributed by atoms with Gasteiger partial charge in [-0.3, -0.25) is 0 Å². The first-order valence-corrected chi connectivity index (χ1v) is 7.70. The van der Waals surface area contributed by atoms with Crippen LogP contribution in [0.5, 0.6) is 5.75 Å². The molecule has 1 aliphatic carbocycles. The zero-order chi connectivity index (χ0) is 14.5. The summed E-state index contributed by atoms with van der Waals surface area (Å²) < 4.78 is 5.20. The molecule has 0 heterocycles. The largest absolute Gasteiger partial charge is 0.497 e. The first kappa shape index (κ1) is 15.3. The predicted octanol–water partition coefficient (Wildman–Crippen LogP) is 2.83. The summed E-state index contributed by atoms with van der Waals surface area (Å²) in [4.78, 5) is 2.54.